The van der Waals surface area contributed by atoms with Crippen molar-refractivity contribution in [3.63, 3.8) is 0 Å². The van der Waals surface area contributed by atoms with Crippen LogP contribution in [-0.4, -0.2) is 31.0 Å². The summed E-state index contributed by atoms with van der Waals surface area (Å²) >= 11 is 0. The zero-order valence-electron chi connectivity index (χ0n) is 28.3. The lowest BCUT2D eigenvalue weighted by Gasteiger charge is -2.48. The third kappa shape index (κ3) is 6.43. The highest BCUT2D eigenvalue weighted by Crippen LogP contribution is 2.50. The minimum atomic E-state index is -2.31. The topological polar surface area (TPSA) is 46.6 Å². The summed E-state index contributed by atoms with van der Waals surface area (Å²) in [7, 11) is -2.31. The van der Waals surface area contributed by atoms with Crippen LogP contribution < -0.4 is 0 Å². The maximum atomic E-state index is 14.5. The van der Waals surface area contributed by atoms with Gasteiger partial charge in [0.25, 0.3) is 0 Å². The van der Waals surface area contributed by atoms with E-state index in [4.69, 9.17) is 4.74 Å². The van der Waals surface area contributed by atoms with E-state index in [1.54, 1.807) is 0 Å². The molecule has 5 heteroatoms. The first-order valence-corrected chi connectivity index (χ1v) is 18.8. The Bertz CT molecular complexity index is 1270. The Morgan fingerprint density at radius 3 is 2.05 bits per heavy atom. The summed E-state index contributed by atoms with van der Waals surface area (Å²) in [6, 6.07) is 18.5. The monoisotopic (exact) mass is 601 g/mol. The van der Waals surface area contributed by atoms with Crippen molar-refractivity contribution >= 4 is 20.0 Å². The Kier molecular flexibility index (Phi) is 10.2. The molecule has 4 nitrogen and oxygen atoms in total. The third-order valence-corrected chi connectivity index (χ3v) is 18.1. The van der Waals surface area contributed by atoms with E-state index in [0.717, 1.165) is 35.6 Å². The molecule has 0 saturated heterocycles. The minimum absolute atomic E-state index is 0.142. The Balaban J connectivity index is 1.78. The maximum absolute atomic E-state index is 14.5. The van der Waals surface area contributed by atoms with Crippen molar-refractivity contribution in [3.05, 3.63) is 82.7 Å². The molecule has 0 N–H and O–H groups in total. The maximum Gasteiger partial charge on any atom is 0.414 e. The van der Waals surface area contributed by atoms with Gasteiger partial charge in [0.2, 0.25) is 0 Å². The number of ketones is 1. The molecule has 2 aromatic rings. The number of Topliss-reactive ketones (excluding diaryl/α,β-unsaturated/α-hetero) is 1. The fourth-order valence-electron chi connectivity index (χ4n) is 8.77. The standard InChI is InChI=1S/C38H55NO3Si/c1-25(2)43(26(3)4,27(5)6)36-24-39(33(23-34(36)40)30-19-16-28(7)17-20-30)37(41)42-35-22-29(8)18-21-32(35)38(9,10)31-14-12-11-13-15-31/h11-17,19-20,24-27,29,32-33,35H,18,21-23H2,1-10H3/t29-,32-,33-,35-/m1/s1. The molecule has 1 fully saturated rings. The SMILES string of the molecule is Cc1ccc([C@H]2CC(=O)C([Si](C(C)C)(C(C)C)C(C)C)=CN2C(=O)O[C@@H]2C[C@H](C)CC[C@H]2C(C)(C)c2ccccc2)cc1. The lowest BCUT2D eigenvalue weighted by Crippen LogP contribution is -2.52. The van der Waals surface area contributed by atoms with E-state index in [1.165, 1.54) is 5.56 Å². The fraction of sp³-hybridized carbons (Fsp3) is 0.579. The molecule has 1 amide bonds. The molecule has 4 rings (SSSR count). The zero-order chi connectivity index (χ0) is 31.7. The van der Waals surface area contributed by atoms with E-state index in [0.29, 0.717) is 29.0 Å². The second-order valence-corrected chi connectivity index (χ2v) is 20.8. The van der Waals surface area contributed by atoms with Gasteiger partial charge in [-0.1, -0.05) is 129 Å². The Labute approximate surface area is 262 Å². The molecule has 0 radical (unpaired) electrons. The molecule has 2 aromatic carbocycles. The molecule has 2 aliphatic rings. The van der Waals surface area contributed by atoms with Crippen LogP contribution in [-0.2, 0) is 14.9 Å². The average molecular weight is 602 g/mol. The van der Waals surface area contributed by atoms with E-state index in [1.807, 2.05) is 11.1 Å². The number of hydrogen-bond acceptors (Lipinski definition) is 3. The molecule has 0 aromatic heterocycles. The number of carbonyl (C=O) groups excluding carboxylic acids is 2. The smallest absolute Gasteiger partial charge is 0.414 e. The number of nitrogens with zero attached hydrogens (tertiary/aromatic N) is 1. The summed E-state index contributed by atoms with van der Waals surface area (Å²) in [4.78, 5) is 30.4. The minimum Gasteiger partial charge on any atom is -0.446 e. The number of amides is 1. The van der Waals surface area contributed by atoms with Gasteiger partial charge in [0.15, 0.2) is 5.78 Å². The summed E-state index contributed by atoms with van der Waals surface area (Å²) in [5.74, 6) is 0.899. The van der Waals surface area contributed by atoms with Gasteiger partial charge in [0.05, 0.1) is 6.04 Å². The first-order valence-electron chi connectivity index (χ1n) is 16.6. The zero-order valence-corrected chi connectivity index (χ0v) is 29.3. The van der Waals surface area contributed by atoms with Gasteiger partial charge in [-0.3, -0.25) is 9.69 Å². The number of benzene rings is 2. The predicted molar refractivity (Wildman–Crippen MR) is 181 cm³/mol. The summed E-state index contributed by atoms with van der Waals surface area (Å²) in [6.07, 6.45) is 4.75. The van der Waals surface area contributed by atoms with Crippen LogP contribution in [0.2, 0.25) is 16.6 Å². The highest BCUT2D eigenvalue weighted by atomic mass is 28.3. The van der Waals surface area contributed by atoms with Gasteiger partial charge >= 0.3 is 6.09 Å². The third-order valence-electron chi connectivity index (χ3n) is 11.0. The number of hydrogen-bond donors (Lipinski definition) is 0. The highest BCUT2D eigenvalue weighted by Gasteiger charge is 2.51. The Hall–Kier alpha value is -2.66. The first-order chi connectivity index (χ1) is 20.2. The molecular weight excluding hydrogens is 547 g/mol. The fourth-order valence-corrected chi connectivity index (χ4v) is 15.6. The second kappa shape index (κ2) is 13.1. The van der Waals surface area contributed by atoms with E-state index in [9.17, 15) is 9.59 Å². The van der Waals surface area contributed by atoms with Crippen molar-refractivity contribution in [1.82, 2.24) is 4.90 Å². The molecule has 1 heterocycles. The van der Waals surface area contributed by atoms with E-state index in [-0.39, 0.29) is 35.4 Å². The van der Waals surface area contributed by atoms with Crippen molar-refractivity contribution in [3.8, 4) is 0 Å². The molecule has 0 spiro atoms. The van der Waals surface area contributed by atoms with Crippen LogP contribution in [0.15, 0.2) is 66.0 Å². The van der Waals surface area contributed by atoms with Crippen LogP contribution in [0, 0.1) is 18.8 Å². The summed E-state index contributed by atoms with van der Waals surface area (Å²) in [6.45, 7) is 22.6. The quantitative estimate of drug-likeness (QED) is 0.283. The highest BCUT2D eigenvalue weighted by molar-refractivity contribution is 6.93. The van der Waals surface area contributed by atoms with E-state index >= 15 is 0 Å². The van der Waals surface area contributed by atoms with E-state index in [2.05, 4.69) is 124 Å². The van der Waals surface area contributed by atoms with Crippen LogP contribution in [0.5, 0.6) is 0 Å². The van der Waals surface area contributed by atoms with Gasteiger partial charge in [-0.25, -0.2) is 4.79 Å². The van der Waals surface area contributed by atoms with Crippen LogP contribution in [0.25, 0.3) is 0 Å². The van der Waals surface area contributed by atoms with Crippen molar-refractivity contribution in [1.29, 1.82) is 0 Å². The average Bonchev–Trinajstić information content (AvgIpc) is 2.94. The largest absolute Gasteiger partial charge is 0.446 e. The molecule has 0 bridgehead atoms. The Morgan fingerprint density at radius 1 is 0.907 bits per heavy atom. The number of allylic oxidation sites excluding steroid dienone is 1. The van der Waals surface area contributed by atoms with Crippen LogP contribution >= 0.6 is 0 Å². The van der Waals surface area contributed by atoms with E-state index < -0.39 is 8.07 Å². The van der Waals surface area contributed by atoms with Crippen LogP contribution in [0.1, 0.15) is 111 Å². The normalized spacial score (nSPS) is 23.6. The lowest BCUT2D eigenvalue weighted by atomic mass is 9.64. The van der Waals surface area contributed by atoms with Gasteiger partial charge in [0.1, 0.15) is 14.2 Å². The number of ether oxygens (including phenoxy) is 1. The molecule has 1 aliphatic heterocycles. The molecule has 4 atom stereocenters. The van der Waals surface area contributed by atoms with Gasteiger partial charge in [-0.15, -0.1) is 0 Å². The number of aryl methyl sites for hydroxylation is 1. The molecular formula is C38H55NO3Si. The van der Waals surface area contributed by atoms with Crippen molar-refractivity contribution < 1.29 is 14.3 Å². The molecule has 234 valence electrons. The summed E-state index contributed by atoms with van der Waals surface area (Å²) < 4.78 is 6.62. The molecule has 1 saturated carbocycles. The molecule has 43 heavy (non-hydrogen) atoms. The second-order valence-electron chi connectivity index (χ2n) is 14.9. The van der Waals surface area contributed by atoms with Crippen molar-refractivity contribution in [2.24, 2.45) is 11.8 Å². The van der Waals surface area contributed by atoms with Gasteiger partial charge in [-0.2, -0.15) is 0 Å². The number of carbonyl (C=O) groups is 2. The van der Waals surface area contributed by atoms with Crippen LogP contribution in [0.3, 0.4) is 0 Å². The van der Waals surface area contributed by atoms with Gasteiger partial charge in [0, 0.05) is 18.5 Å². The van der Waals surface area contributed by atoms with Crippen LogP contribution in [0.4, 0.5) is 4.79 Å². The predicted octanol–water partition coefficient (Wildman–Crippen LogP) is 10.3. The van der Waals surface area contributed by atoms with Gasteiger partial charge < -0.3 is 4.74 Å². The Morgan fingerprint density at radius 2 is 1.49 bits per heavy atom. The summed E-state index contributed by atoms with van der Waals surface area (Å²) in [5, 5.41) is 0.908. The lowest BCUT2D eigenvalue weighted by molar-refractivity contribution is -0.116. The molecule has 1 aliphatic carbocycles. The van der Waals surface area contributed by atoms with Gasteiger partial charge in [-0.05, 0) is 64.0 Å². The first kappa shape index (κ1) is 33.2. The summed E-state index contributed by atoms with van der Waals surface area (Å²) in [5.41, 5.74) is 4.38. The van der Waals surface area contributed by atoms with Crippen molar-refractivity contribution in [2.75, 3.05) is 0 Å². The number of rotatable bonds is 8. The molecule has 0 unspecified atom stereocenters. The van der Waals surface area contributed by atoms with Crippen molar-refractivity contribution in [2.45, 2.75) is 129 Å².